The molecule has 0 atom stereocenters. The number of benzene rings is 1. The number of para-hydroxylation sites is 1. The summed E-state index contributed by atoms with van der Waals surface area (Å²) in [6.45, 7) is 4.87. The SMILES string of the molecule is CCNC(=NCc1ccnc(-n2cccn2)c1)NCCCOc1ccccc1.I. The number of hydrogen-bond donors (Lipinski definition) is 2. The second-order valence-electron chi connectivity index (χ2n) is 6.11. The van der Waals surface area contributed by atoms with Crippen molar-refractivity contribution in [3.8, 4) is 11.6 Å². The molecule has 154 valence electrons. The van der Waals surface area contributed by atoms with Gasteiger partial charge in [0, 0.05) is 31.7 Å². The van der Waals surface area contributed by atoms with E-state index in [1.807, 2.05) is 54.7 Å². The fourth-order valence-electron chi connectivity index (χ4n) is 2.59. The molecule has 1 aromatic carbocycles. The normalized spacial score (nSPS) is 10.9. The molecule has 0 aliphatic rings. The number of guanidine groups is 1. The largest absolute Gasteiger partial charge is 0.494 e. The molecule has 0 bridgehead atoms. The number of aliphatic imine (C=N–C) groups is 1. The van der Waals surface area contributed by atoms with Crippen molar-refractivity contribution < 1.29 is 4.74 Å². The van der Waals surface area contributed by atoms with Gasteiger partial charge in [0.05, 0.1) is 13.2 Å². The van der Waals surface area contributed by atoms with E-state index in [1.54, 1.807) is 17.1 Å². The molecule has 0 spiro atoms. The molecule has 2 N–H and O–H groups in total. The summed E-state index contributed by atoms with van der Waals surface area (Å²) in [5.74, 6) is 2.47. The predicted octanol–water partition coefficient (Wildman–Crippen LogP) is 3.41. The van der Waals surface area contributed by atoms with Crippen molar-refractivity contribution >= 4 is 29.9 Å². The summed E-state index contributed by atoms with van der Waals surface area (Å²) in [6.07, 6.45) is 6.28. The molecule has 0 radical (unpaired) electrons. The Labute approximate surface area is 188 Å². The summed E-state index contributed by atoms with van der Waals surface area (Å²) in [5, 5.41) is 10.8. The Morgan fingerprint density at radius 1 is 1.10 bits per heavy atom. The van der Waals surface area contributed by atoms with E-state index in [0.717, 1.165) is 42.6 Å². The zero-order valence-corrected chi connectivity index (χ0v) is 18.8. The van der Waals surface area contributed by atoms with Gasteiger partial charge in [-0.15, -0.1) is 24.0 Å². The molecule has 2 heterocycles. The highest BCUT2D eigenvalue weighted by atomic mass is 127. The van der Waals surface area contributed by atoms with Gasteiger partial charge in [0.2, 0.25) is 0 Å². The van der Waals surface area contributed by atoms with Crippen LogP contribution in [-0.4, -0.2) is 40.4 Å². The average molecular weight is 506 g/mol. The number of rotatable bonds is 9. The quantitative estimate of drug-likeness (QED) is 0.201. The first-order valence-electron chi connectivity index (χ1n) is 9.50. The zero-order valence-electron chi connectivity index (χ0n) is 16.5. The predicted molar refractivity (Wildman–Crippen MR) is 126 cm³/mol. The number of halogens is 1. The minimum absolute atomic E-state index is 0. The molecule has 0 amide bonds. The third-order valence-electron chi connectivity index (χ3n) is 3.94. The van der Waals surface area contributed by atoms with Gasteiger partial charge in [-0.1, -0.05) is 18.2 Å². The Balaban J connectivity index is 0.00000300. The van der Waals surface area contributed by atoms with E-state index in [4.69, 9.17) is 4.74 Å². The van der Waals surface area contributed by atoms with E-state index in [2.05, 4.69) is 32.6 Å². The molecule has 29 heavy (non-hydrogen) atoms. The average Bonchev–Trinajstić information content (AvgIpc) is 3.28. The smallest absolute Gasteiger partial charge is 0.191 e. The Bertz CT molecular complexity index is 855. The van der Waals surface area contributed by atoms with Gasteiger partial charge in [-0.2, -0.15) is 5.10 Å². The van der Waals surface area contributed by atoms with Crippen LogP contribution in [0.25, 0.3) is 5.82 Å². The van der Waals surface area contributed by atoms with Gasteiger partial charge in [-0.3, -0.25) is 0 Å². The molecule has 0 aliphatic heterocycles. The van der Waals surface area contributed by atoms with Gasteiger partial charge < -0.3 is 15.4 Å². The summed E-state index contributed by atoms with van der Waals surface area (Å²) in [7, 11) is 0. The summed E-state index contributed by atoms with van der Waals surface area (Å²) < 4.78 is 7.45. The van der Waals surface area contributed by atoms with Crippen LogP contribution in [0.1, 0.15) is 18.9 Å². The lowest BCUT2D eigenvalue weighted by atomic mass is 10.2. The maximum atomic E-state index is 5.71. The summed E-state index contributed by atoms with van der Waals surface area (Å²) in [5.41, 5.74) is 1.07. The molecule has 8 heteroatoms. The lowest BCUT2D eigenvalue weighted by Gasteiger charge is -2.12. The first-order chi connectivity index (χ1) is 13.8. The van der Waals surface area contributed by atoms with E-state index in [-0.39, 0.29) is 24.0 Å². The first kappa shape index (κ1) is 22.7. The number of ether oxygens (including phenoxy) is 1. The Kier molecular flexibility index (Phi) is 9.98. The van der Waals surface area contributed by atoms with Crippen molar-refractivity contribution in [3.05, 3.63) is 72.7 Å². The third-order valence-corrected chi connectivity index (χ3v) is 3.94. The van der Waals surface area contributed by atoms with Crippen molar-refractivity contribution in [2.75, 3.05) is 19.7 Å². The molecule has 2 aromatic heterocycles. The van der Waals surface area contributed by atoms with Crippen LogP contribution in [0.5, 0.6) is 5.75 Å². The van der Waals surface area contributed by atoms with Crippen molar-refractivity contribution in [3.63, 3.8) is 0 Å². The van der Waals surface area contributed by atoms with Crippen LogP contribution in [0.15, 0.2) is 72.1 Å². The summed E-state index contributed by atoms with van der Waals surface area (Å²) in [4.78, 5) is 9.01. The maximum absolute atomic E-state index is 5.71. The highest BCUT2D eigenvalue weighted by Gasteiger charge is 2.01. The third kappa shape index (κ3) is 7.72. The number of aromatic nitrogens is 3. The molecule has 0 aliphatic carbocycles. The Morgan fingerprint density at radius 3 is 2.72 bits per heavy atom. The van der Waals surface area contributed by atoms with Gasteiger partial charge in [-0.25, -0.2) is 14.7 Å². The van der Waals surface area contributed by atoms with Gasteiger partial charge in [-0.05, 0) is 49.2 Å². The summed E-state index contributed by atoms with van der Waals surface area (Å²) >= 11 is 0. The fraction of sp³-hybridized carbons (Fsp3) is 0.286. The number of hydrogen-bond acceptors (Lipinski definition) is 4. The number of nitrogens with one attached hydrogen (secondary N) is 2. The molecule has 0 saturated carbocycles. The van der Waals surface area contributed by atoms with Crippen LogP contribution in [-0.2, 0) is 6.54 Å². The molecule has 3 rings (SSSR count). The van der Waals surface area contributed by atoms with Crippen LogP contribution < -0.4 is 15.4 Å². The van der Waals surface area contributed by atoms with Crippen molar-refractivity contribution in [1.29, 1.82) is 0 Å². The highest BCUT2D eigenvalue weighted by Crippen LogP contribution is 2.08. The van der Waals surface area contributed by atoms with E-state index >= 15 is 0 Å². The lowest BCUT2D eigenvalue weighted by Crippen LogP contribution is -2.38. The lowest BCUT2D eigenvalue weighted by molar-refractivity contribution is 0.311. The monoisotopic (exact) mass is 506 g/mol. The van der Waals surface area contributed by atoms with Crippen LogP contribution >= 0.6 is 24.0 Å². The van der Waals surface area contributed by atoms with Crippen molar-refractivity contribution in [1.82, 2.24) is 25.4 Å². The van der Waals surface area contributed by atoms with E-state index < -0.39 is 0 Å². The molecule has 0 fully saturated rings. The van der Waals surface area contributed by atoms with E-state index in [9.17, 15) is 0 Å². The van der Waals surface area contributed by atoms with Crippen molar-refractivity contribution in [2.45, 2.75) is 19.9 Å². The van der Waals surface area contributed by atoms with Crippen molar-refractivity contribution in [2.24, 2.45) is 4.99 Å². The highest BCUT2D eigenvalue weighted by molar-refractivity contribution is 14.0. The number of nitrogens with zero attached hydrogens (tertiary/aromatic N) is 4. The molecule has 0 unspecified atom stereocenters. The minimum atomic E-state index is 0. The topological polar surface area (TPSA) is 76.4 Å². The number of pyridine rings is 1. The van der Waals surface area contributed by atoms with Crippen LogP contribution in [0, 0.1) is 0 Å². The first-order valence-corrected chi connectivity index (χ1v) is 9.50. The molecule has 3 aromatic rings. The van der Waals surface area contributed by atoms with Gasteiger partial charge >= 0.3 is 0 Å². The second kappa shape index (κ2) is 12.8. The molecule has 0 saturated heterocycles. The zero-order chi connectivity index (χ0) is 19.4. The summed E-state index contributed by atoms with van der Waals surface area (Å²) in [6, 6.07) is 15.7. The molecule has 7 nitrogen and oxygen atoms in total. The van der Waals surface area contributed by atoms with E-state index in [1.165, 1.54) is 0 Å². The second-order valence-corrected chi connectivity index (χ2v) is 6.11. The Hall–Kier alpha value is -2.62. The standard InChI is InChI=1S/C21H26N6O.HI/c1-2-22-21(24-11-7-15-28-19-8-4-3-5-9-19)25-17-18-10-13-23-20(16-18)27-14-6-12-26-27;/h3-6,8-10,12-14,16H,2,7,11,15,17H2,1H3,(H2,22,24,25);1H. The molecular formula is C21H27IN6O. The fourth-order valence-corrected chi connectivity index (χ4v) is 2.59. The van der Waals surface area contributed by atoms with Gasteiger partial charge in [0.25, 0.3) is 0 Å². The van der Waals surface area contributed by atoms with Gasteiger partial charge in [0.15, 0.2) is 11.8 Å². The van der Waals surface area contributed by atoms with E-state index in [0.29, 0.717) is 13.2 Å². The van der Waals surface area contributed by atoms with Gasteiger partial charge in [0.1, 0.15) is 5.75 Å². The van der Waals surface area contributed by atoms with Crippen LogP contribution in [0.4, 0.5) is 0 Å². The van der Waals surface area contributed by atoms with Crippen LogP contribution in [0.3, 0.4) is 0 Å². The maximum Gasteiger partial charge on any atom is 0.191 e. The molecular weight excluding hydrogens is 479 g/mol. The Morgan fingerprint density at radius 2 is 1.97 bits per heavy atom. The van der Waals surface area contributed by atoms with Crippen LogP contribution in [0.2, 0.25) is 0 Å². The minimum Gasteiger partial charge on any atom is -0.494 e.